The zero-order valence-electron chi connectivity index (χ0n) is 11.1. The Morgan fingerprint density at radius 1 is 1.58 bits per heavy atom. The van der Waals surface area contributed by atoms with Crippen LogP contribution >= 0.6 is 28.1 Å². The topological polar surface area (TPSA) is 38.5 Å². The third-order valence-corrected chi connectivity index (χ3v) is 4.22. The van der Waals surface area contributed by atoms with Gasteiger partial charge in [-0.15, -0.1) is 0 Å². The highest BCUT2D eigenvalue weighted by Crippen LogP contribution is 2.30. The van der Waals surface area contributed by atoms with Crippen molar-refractivity contribution in [3.8, 4) is 0 Å². The van der Waals surface area contributed by atoms with Crippen LogP contribution in [0, 0.1) is 0 Å². The van der Waals surface area contributed by atoms with E-state index < -0.39 is 0 Å². The molecule has 0 aliphatic carbocycles. The molecule has 3 nitrogen and oxygen atoms in total. The molecule has 2 N–H and O–H groups in total. The highest BCUT2D eigenvalue weighted by Gasteiger charge is 2.21. The number of hydrogen-bond donors (Lipinski definition) is 1. The number of nitrogens with zero attached hydrogens (tertiary/aromatic N) is 1. The summed E-state index contributed by atoms with van der Waals surface area (Å²) in [5.41, 5.74) is 7.73. The summed E-state index contributed by atoms with van der Waals surface area (Å²) in [6.07, 6.45) is 2.64. The first-order chi connectivity index (χ1) is 9.11. The van der Waals surface area contributed by atoms with Gasteiger partial charge in [0.15, 0.2) is 0 Å². The first-order valence-electron chi connectivity index (χ1n) is 6.57. The molecule has 1 atom stereocenters. The van der Waals surface area contributed by atoms with Crippen molar-refractivity contribution in [2.45, 2.75) is 25.9 Å². The molecule has 1 heterocycles. The molecule has 1 aliphatic heterocycles. The van der Waals surface area contributed by atoms with Crippen molar-refractivity contribution in [2.24, 2.45) is 5.73 Å². The lowest BCUT2D eigenvalue weighted by molar-refractivity contribution is 0.0526. The number of anilines is 1. The van der Waals surface area contributed by atoms with E-state index in [4.69, 9.17) is 22.7 Å². The number of piperidine rings is 1. The van der Waals surface area contributed by atoms with E-state index in [1.54, 1.807) is 0 Å². The number of benzene rings is 1. The summed E-state index contributed by atoms with van der Waals surface area (Å²) in [6.45, 7) is 4.83. The average molecular weight is 343 g/mol. The molecule has 0 aromatic heterocycles. The van der Waals surface area contributed by atoms with Gasteiger partial charge in [-0.05, 0) is 53.9 Å². The smallest absolute Gasteiger partial charge is 0.104 e. The lowest BCUT2D eigenvalue weighted by Gasteiger charge is -2.34. The fourth-order valence-electron chi connectivity index (χ4n) is 2.45. The standard InChI is InChI=1S/C14H19BrN2OS/c1-2-18-11-4-3-7-17(9-11)13-6-5-10(14(16)19)8-12(13)15/h5-6,8,11H,2-4,7,9H2,1H3,(H2,16,19). The van der Waals surface area contributed by atoms with Gasteiger partial charge < -0.3 is 15.4 Å². The molecule has 5 heteroatoms. The Bertz CT molecular complexity index is 465. The quantitative estimate of drug-likeness (QED) is 0.853. The molecule has 19 heavy (non-hydrogen) atoms. The van der Waals surface area contributed by atoms with E-state index in [0.717, 1.165) is 42.6 Å². The summed E-state index contributed by atoms with van der Waals surface area (Å²) >= 11 is 8.61. The maximum Gasteiger partial charge on any atom is 0.104 e. The van der Waals surface area contributed by atoms with E-state index in [0.29, 0.717) is 11.1 Å². The van der Waals surface area contributed by atoms with E-state index in [-0.39, 0.29) is 0 Å². The summed E-state index contributed by atoms with van der Waals surface area (Å²) in [5.74, 6) is 0. The molecule has 1 fully saturated rings. The Hall–Kier alpha value is -0.650. The highest BCUT2D eigenvalue weighted by atomic mass is 79.9. The highest BCUT2D eigenvalue weighted by molar-refractivity contribution is 9.10. The van der Waals surface area contributed by atoms with Crippen molar-refractivity contribution in [3.63, 3.8) is 0 Å². The van der Waals surface area contributed by atoms with Crippen molar-refractivity contribution in [1.29, 1.82) is 0 Å². The minimum absolute atomic E-state index is 0.334. The van der Waals surface area contributed by atoms with E-state index in [2.05, 4.69) is 26.9 Å². The van der Waals surface area contributed by atoms with Crippen molar-refractivity contribution >= 4 is 38.8 Å². The summed E-state index contributed by atoms with van der Waals surface area (Å²) in [6, 6.07) is 6.04. The van der Waals surface area contributed by atoms with Gasteiger partial charge in [-0.25, -0.2) is 0 Å². The van der Waals surface area contributed by atoms with Crippen LogP contribution < -0.4 is 10.6 Å². The summed E-state index contributed by atoms with van der Waals surface area (Å²) in [4.78, 5) is 2.79. The van der Waals surface area contributed by atoms with Gasteiger partial charge in [-0.1, -0.05) is 12.2 Å². The second-order valence-corrected chi connectivity index (χ2v) is 5.99. The summed E-state index contributed by atoms with van der Waals surface area (Å²) in [7, 11) is 0. The second kappa shape index (κ2) is 6.68. The third-order valence-electron chi connectivity index (χ3n) is 3.35. The third kappa shape index (κ3) is 3.68. The summed E-state index contributed by atoms with van der Waals surface area (Å²) < 4.78 is 6.78. The van der Waals surface area contributed by atoms with Gasteiger partial charge in [0.1, 0.15) is 4.99 Å². The molecular formula is C14H19BrN2OS. The van der Waals surface area contributed by atoms with Crippen LogP contribution in [0.4, 0.5) is 5.69 Å². The maximum atomic E-state index is 5.74. The Kier molecular flexibility index (Phi) is 5.19. The van der Waals surface area contributed by atoms with Crippen LogP contribution in [0.15, 0.2) is 22.7 Å². The van der Waals surface area contributed by atoms with Crippen LogP contribution in [-0.4, -0.2) is 30.8 Å². The van der Waals surface area contributed by atoms with E-state index in [1.165, 1.54) is 5.69 Å². The fraction of sp³-hybridized carbons (Fsp3) is 0.500. The molecule has 0 saturated carbocycles. The van der Waals surface area contributed by atoms with Crippen LogP contribution in [0.3, 0.4) is 0 Å². The van der Waals surface area contributed by atoms with E-state index in [1.807, 2.05) is 19.1 Å². The maximum absolute atomic E-state index is 5.74. The molecule has 0 radical (unpaired) electrons. The fourth-order valence-corrected chi connectivity index (χ4v) is 3.20. The molecule has 1 aromatic rings. The molecule has 1 aromatic carbocycles. The first kappa shape index (κ1) is 14.8. The molecular weight excluding hydrogens is 324 g/mol. The van der Waals surface area contributed by atoms with Crippen LogP contribution in [0.1, 0.15) is 25.3 Å². The lowest BCUT2D eigenvalue weighted by Crippen LogP contribution is -2.39. The Labute approximate surface area is 128 Å². The minimum Gasteiger partial charge on any atom is -0.389 e. The van der Waals surface area contributed by atoms with Gasteiger partial charge in [0.25, 0.3) is 0 Å². The van der Waals surface area contributed by atoms with Crippen molar-refractivity contribution in [3.05, 3.63) is 28.2 Å². The monoisotopic (exact) mass is 342 g/mol. The minimum atomic E-state index is 0.334. The van der Waals surface area contributed by atoms with Gasteiger partial charge in [0.2, 0.25) is 0 Å². The normalized spacial score (nSPS) is 19.5. The van der Waals surface area contributed by atoms with Gasteiger partial charge >= 0.3 is 0 Å². The van der Waals surface area contributed by atoms with Gasteiger partial charge in [-0.2, -0.15) is 0 Å². The lowest BCUT2D eigenvalue weighted by atomic mass is 10.1. The van der Waals surface area contributed by atoms with Crippen molar-refractivity contribution in [1.82, 2.24) is 0 Å². The molecule has 0 amide bonds. The predicted molar refractivity (Wildman–Crippen MR) is 86.9 cm³/mol. The Morgan fingerprint density at radius 3 is 3.00 bits per heavy atom. The van der Waals surface area contributed by atoms with Crippen LogP contribution in [0.2, 0.25) is 0 Å². The van der Waals surface area contributed by atoms with Crippen LogP contribution in [0.25, 0.3) is 0 Å². The van der Waals surface area contributed by atoms with E-state index in [9.17, 15) is 0 Å². The average Bonchev–Trinajstić information content (AvgIpc) is 2.39. The van der Waals surface area contributed by atoms with Crippen LogP contribution in [-0.2, 0) is 4.74 Å². The number of ether oxygens (including phenoxy) is 1. The molecule has 1 saturated heterocycles. The molecule has 0 bridgehead atoms. The Balaban J connectivity index is 2.15. The molecule has 0 spiro atoms. The predicted octanol–water partition coefficient (Wildman–Crippen LogP) is 3.09. The number of nitrogens with two attached hydrogens (primary N) is 1. The first-order valence-corrected chi connectivity index (χ1v) is 7.78. The SMILES string of the molecule is CCOC1CCCN(c2ccc(C(N)=S)cc2Br)C1. The molecule has 104 valence electrons. The molecule has 1 unspecified atom stereocenters. The number of thiocarbonyl (C=S) groups is 1. The van der Waals surface area contributed by atoms with Crippen molar-refractivity contribution < 1.29 is 4.74 Å². The van der Waals surface area contributed by atoms with Gasteiger partial charge in [0, 0.05) is 29.7 Å². The van der Waals surface area contributed by atoms with E-state index >= 15 is 0 Å². The zero-order chi connectivity index (χ0) is 13.8. The van der Waals surface area contributed by atoms with Gasteiger partial charge in [0.05, 0.1) is 11.8 Å². The summed E-state index contributed by atoms with van der Waals surface area (Å²) in [5, 5.41) is 0. The van der Waals surface area contributed by atoms with Crippen LogP contribution in [0.5, 0.6) is 0 Å². The number of halogens is 1. The Morgan fingerprint density at radius 2 is 2.37 bits per heavy atom. The largest absolute Gasteiger partial charge is 0.389 e. The number of hydrogen-bond acceptors (Lipinski definition) is 3. The number of rotatable bonds is 4. The van der Waals surface area contributed by atoms with Gasteiger partial charge in [-0.3, -0.25) is 0 Å². The molecule has 1 aliphatic rings. The molecule has 2 rings (SSSR count). The zero-order valence-corrected chi connectivity index (χ0v) is 13.5. The van der Waals surface area contributed by atoms with Crippen molar-refractivity contribution in [2.75, 3.05) is 24.6 Å². The second-order valence-electron chi connectivity index (χ2n) is 4.70.